The Labute approximate surface area is 133 Å². The maximum absolute atomic E-state index is 11.0. The molecular weight excluding hydrogens is 319 g/mol. The molecule has 2 aromatic carbocycles. The van der Waals surface area contributed by atoms with Gasteiger partial charge >= 0.3 is 5.97 Å². The summed E-state index contributed by atoms with van der Waals surface area (Å²) in [6, 6.07) is 14.5. The van der Waals surface area contributed by atoms with Gasteiger partial charge < -0.3 is 5.11 Å². The van der Waals surface area contributed by atoms with Crippen molar-refractivity contribution in [2.75, 3.05) is 0 Å². The van der Waals surface area contributed by atoms with Gasteiger partial charge in [0.15, 0.2) is 0 Å². The van der Waals surface area contributed by atoms with E-state index in [4.69, 9.17) is 28.3 Å². The Balaban J connectivity index is 0.00000200. The Morgan fingerprint density at radius 1 is 0.900 bits per heavy atom. The van der Waals surface area contributed by atoms with E-state index in [1.54, 1.807) is 24.3 Å². The van der Waals surface area contributed by atoms with E-state index in [-0.39, 0.29) is 24.7 Å². The molecule has 0 aliphatic carbocycles. The Kier molecular flexibility index (Phi) is 6.34. The van der Waals surface area contributed by atoms with E-state index in [9.17, 15) is 4.79 Å². The highest BCUT2D eigenvalue weighted by Crippen LogP contribution is 2.29. The fraction of sp³-hybridized carbons (Fsp3) is 0.133. The Morgan fingerprint density at radius 3 is 1.55 bits per heavy atom. The molecule has 0 atom stereocenters. The van der Waals surface area contributed by atoms with Crippen LogP contribution in [0.3, 0.4) is 0 Å². The SMILES string of the molecule is Cl.O=C(O)CC(c1ccc(Cl)cc1)c1ccc(Cl)cc1. The van der Waals surface area contributed by atoms with Crippen LogP contribution < -0.4 is 0 Å². The monoisotopic (exact) mass is 330 g/mol. The average molecular weight is 332 g/mol. The van der Waals surface area contributed by atoms with Gasteiger partial charge in [-0.25, -0.2) is 0 Å². The number of carboxylic acids is 1. The van der Waals surface area contributed by atoms with Crippen LogP contribution in [-0.4, -0.2) is 11.1 Å². The van der Waals surface area contributed by atoms with Gasteiger partial charge in [0.25, 0.3) is 0 Å². The number of rotatable bonds is 4. The third-order valence-corrected chi connectivity index (χ3v) is 3.43. The van der Waals surface area contributed by atoms with Crippen LogP contribution in [0.25, 0.3) is 0 Å². The Bertz CT molecular complexity index is 519. The smallest absolute Gasteiger partial charge is 0.304 e. The molecule has 0 radical (unpaired) electrons. The molecule has 0 bridgehead atoms. The van der Waals surface area contributed by atoms with Gasteiger partial charge in [-0.2, -0.15) is 0 Å². The molecule has 0 spiro atoms. The van der Waals surface area contributed by atoms with Crippen molar-refractivity contribution in [2.24, 2.45) is 0 Å². The molecule has 20 heavy (non-hydrogen) atoms. The van der Waals surface area contributed by atoms with Crippen molar-refractivity contribution in [2.45, 2.75) is 12.3 Å². The summed E-state index contributed by atoms with van der Waals surface area (Å²) in [6.45, 7) is 0. The van der Waals surface area contributed by atoms with Crippen molar-refractivity contribution in [1.82, 2.24) is 0 Å². The second kappa shape index (κ2) is 7.53. The summed E-state index contributed by atoms with van der Waals surface area (Å²) in [5.41, 5.74) is 1.85. The quantitative estimate of drug-likeness (QED) is 0.854. The number of aliphatic carboxylic acids is 1. The fourth-order valence-corrected chi connectivity index (χ4v) is 2.24. The van der Waals surface area contributed by atoms with E-state index in [2.05, 4.69) is 0 Å². The van der Waals surface area contributed by atoms with Gasteiger partial charge in [-0.05, 0) is 35.4 Å². The summed E-state index contributed by atoms with van der Waals surface area (Å²) in [5, 5.41) is 10.3. The van der Waals surface area contributed by atoms with Crippen molar-refractivity contribution >= 4 is 41.6 Å². The molecule has 0 heterocycles. The number of benzene rings is 2. The number of carboxylic acid groups (broad SMARTS) is 1. The molecule has 106 valence electrons. The van der Waals surface area contributed by atoms with Gasteiger partial charge in [0.1, 0.15) is 0 Å². The van der Waals surface area contributed by atoms with Crippen LogP contribution in [-0.2, 0) is 4.79 Å². The van der Waals surface area contributed by atoms with Crippen LogP contribution in [0.4, 0.5) is 0 Å². The standard InChI is InChI=1S/C15H12Cl2O2.ClH/c16-12-5-1-10(2-6-12)14(9-15(18)19)11-3-7-13(17)8-4-11;/h1-8,14H,9H2,(H,18,19);1H. The predicted octanol–water partition coefficient (Wildman–Crippen LogP) is 5.02. The summed E-state index contributed by atoms with van der Waals surface area (Å²) in [6.07, 6.45) is 0.0310. The van der Waals surface area contributed by atoms with Gasteiger partial charge in [0, 0.05) is 16.0 Å². The van der Waals surface area contributed by atoms with Gasteiger partial charge in [0.05, 0.1) is 6.42 Å². The van der Waals surface area contributed by atoms with E-state index in [0.29, 0.717) is 10.0 Å². The van der Waals surface area contributed by atoms with Crippen molar-refractivity contribution in [3.05, 3.63) is 69.7 Å². The molecule has 0 fully saturated rings. The summed E-state index contributed by atoms with van der Waals surface area (Å²) < 4.78 is 0. The van der Waals surface area contributed by atoms with E-state index >= 15 is 0 Å². The zero-order valence-electron chi connectivity index (χ0n) is 10.4. The first kappa shape index (κ1) is 16.8. The van der Waals surface area contributed by atoms with E-state index < -0.39 is 5.97 Å². The highest BCUT2D eigenvalue weighted by molar-refractivity contribution is 6.30. The number of halogens is 3. The number of hydrogen-bond donors (Lipinski definition) is 1. The Morgan fingerprint density at radius 2 is 1.25 bits per heavy atom. The summed E-state index contributed by atoms with van der Waals surface area (Å²) in [7, 11) is 0. The highest BCUT2D eigenvalue weighted by Gasteiger charge is 2.17. The van der Waals surface area contributed by atoms with Crippen molar-refractivity contribution in [1.29, 1.82) is 0 Å². The minimum Gasteiger partial charge on any atom is -0.481 e. The van der Waals surface area contributed by atoms with Crippen LogP contribution in [0.15, 0.2) is 48.5 Å². The number of hydrogen-bond acceptors (Lipinski definition) is 1. The van der Waals surface area contributed by atoms with Crippen LogP contribution in [0.1, 0.15) is 23.5 Å². The minimum atomic E-state index is -0.838. The molecular formula is C15H13Cl3O2. The van der Waals surface area contributed by atoms with Crippen LogP contribution in [0.5, 0.6) is 0 Å². The zero-order chi connectivity index (χ0) is 13.8. The van der Waals surface area contributed by atoms with Crippen LogP contribution >= 0.6 is 35.6 Å². The highest BCUT2D eigenvalue weighted by atomic mass is 35.5. The third-order valence-electron chi connectivity index (χ3n) is 2.92. The molecule has 2 rings (SSSR count). The lowest BCUT2D eigenvalue weighted by Crippen LogP contribution is -2.07. The first-order chi connectivity index (χ1) is 9.06. The molecule has 0 unspecified atom stereocenters. The van der Waals surface area contributed by atoms with Gasteiger partial charge in [-0.3, -0.25) is 4.79 Å². The normalized spacial score (nSPS) is 10.2. The van der Waals surface area contributed by atoms with E-state index in [1.165, 1.54) is 0 Å². The van der Waals surface area contributed by atoms with Crippen molar-refractivity contribution in [3.8, 4) is 0 Å². The van der Waals surface area contributed by atoms with Crippen molar-refractivity contribution < 1.29 is 9.90 Å². The minimum absolute atomic E-state index is 0. The first-order valence-electron chi connectivity index (χ1n) is 5.79. The van der Waals surface area contributed by atoms with Crippen LogP contribution in [0.2, 0.25) is 10.0 Å². The summed E-state index contributed by atoms with van der Waals surface area (Å²) in [5.74, 6) is -1.04. The molecule has 0 aliphatic heterocycles. The second-order valence-corrected chi connectivity index (χ2v) is 5.13. The van der Waals surface area contributed by atoms with Crippen LogP contribution in [0, 0.1) is 0 Å². The molecule has 1 N–H and O–H groups in total. The average Bonchev–Trinajstić information content (AvgIpc) is 2.38. The van der Waals surface area contributed by atoms with Crippen molar-refractivity contribution in [3.63, 3.8) is 0 Å². The zero-order valence-corrected chi connectivity index (χ0v) is 12.8. The van der Waals surface area contributed by atoms with Gasteiger partial charge in [-0.15, -0.1) is 12.4 Å². The molecule has 0 saturated carbocycles. The van der Waals surface area contributed by atoms with Gasteiger partial charge in [0.2, 0.25) is 0 Å². The molecule has 0 amide bonds. The van der Waals surface area contributed by atoms with E-state index in [1.807, 2.05) is 24.3 Å². The largest absolute Gasteiger partial charge is 0.481 e. The molecule has 5 heteroatoms. The molecule has 0 aromatic heterocycles. The fourth-order valence-electron chi connectivity index (χ4n) is 1.99. The molecule has 0 saturated heterocycles. The maximum Gasteiger partial charge on any atom is 0.304 e. The maximum atomic E-state index is 11.0. The Hall–Kier alpha value is -1.22. The summed E-state index contributed by atoms with van der Waals surface area (Å²) >= 11 is 11.7. The van der Waals surface area contributed by atoms with E-state index in [0.717, 1.165) is 11.1 Å². The molecule has 2 aromatic rings. The lowest BCUT2D eigenvalue weighted by molar-refractivity contribution is -0.137. The third kappa shape index (κ3) is 4.41. The topological polar surface area (TPSA) is 37.3 Å². The number of carbonyl (C=O) groups is 1. The predicted molar refractivity (Wildman–Crippen MR) is 84.2 cm³/mol. The second-order valence-electron chi connectivity index (χ2n) is 4.25. The lowest BCUT2D eigenvalue weighted by atomic mass is 9.89. The molecule has 2 nitrogen and oxygen atoms in total. The van der Waals surface area contributed by atoms with Gasteiger partial charge in [-0.1, -0.05) is 47.5 Å². The first-order valence-corrected chi connectivity index (χ1v) is 6.54. The summed E-state index contributed by atoms with van der Waals surface area (Å²) in [4.78, 5) is 11.0. The lowest BCUT2D eigenvalue weighted by Gasteiger charge is -2.16. The molecule has 0 aliphatic rings.